The van der Waals surface area contributed by atoms with Crippen molar-refractivity contribution >= 4 is 33.5 Å². The van der Waals surface area contributed by atoms with E-state index in [9.17, 15) is 9.59 Å². The number of carbonyl (C=O) groups excluding carboxylic acids is 2. The van der Waals surface area contributed by atoms with E-state index in [2.05, 4.69) is 15.9 Å². The maximum Gasteiger partial charge on any atom is 0.340 e. The maximum absolute atomic E-state index is 11.9. The van der Waals surface area contributed by atoms with E-state index in [1.807, 2.05) is 0 Å². The average Bonchev–Trinajstić information content (AvgIpc) is 2.31. The number of ether oxygens (including phenoxy) is 1. The first-order chi connectivity index (χ1) is 8.34. The molecule has 2 N–H and O–H groups in total. The van der Waals surface area contributed by atoms with Gasteiger partial charge in [-0.3, -0.25) is 4.79 Å². The molecular weight excluding hydrogens is 300 g/mol. The van der Waals surface area contributed by atoms with Crippen LogP contribution < -0.4 is 5.73 Å². The molecule has 18 heavy (non-hydrogen) atoms. The van der Waals surface area contributed by atoms with Gasteiger partial charge in [0.1, 0.15) is 0 Å². The number of amides is 1. The third-order valence-electron chi connectivity index (χ3n) is 2.32. The minimum Gasteiger partial charge on any atom is -0.449 e. The molecule has 0 fully saturated rings. The Balaban J connectivity index is 2.83. The fourth-order valence-electron chi connectivity index (χ4n) is 1.35. The molecule has 1 aromatic carbocycles. The zero-order valence-electron chi connectivity index (χ0n) is 10.4. The minimum absolute atomic E-state index is 0.275. The van der Waals surface area contributed by atoms with Gasteiger partial charge in [0, 0.05) is 19.8 Å². The molecule has 0 saturated heterocycles. The van der Waals surface area contributed by atoms with Gasteiger partial charge >= 0.3 is 5.97 Å². The number of nitrogens with two attached hydrogens (primary N) is 1. The maximum atomic E-state index is 11.9. The van der Waals surface area contributed by atoms with Gasteiger partial charge in [0.05, 0.1) is 10.0 Å². The molecule has 1 atom stereocenters. The van der Waals surface area contributed by atoms with Crippen molar-refractivity contribution in [3.63, 3.8) is 0 Å². The lowest BCUT2D eigenvalue weighted by molar-refractivity contribution is -0.137. The Morgan fingerprint density at radius 3 is 2.56 bits per heavy atom. The number of likely N-dealkylation sites (N-methyl/N-ethyl adjacent to an activating group) is 1. The number of nitrogen functional groups attached to an aromatic ring is 1. The van der Waals surface area contributed by atoms with Crippen LogP contribution in [0.5, 0.6) is 0 Å². The third kappa shape index (κ3) is 3.22. The second-order valence-corrected chi connectivity index (χ2v) is 4.78. The molecule has 0 spiro atoms. The quantitative estimate of drug-likeness (QED) is 0.680. The second kappa shape index (κ2) is 5.86. The van der Waals surface area contributed by atoms with Crippen LogP contribution in [0.25, 0.3) is 0 Å². The van der Waals surface area contributed by atoms with Crippen molar-refractivity contribution in [2.75, 3.05) is 19.8 Å². The summed E-state index contributed by atoms with van der Waals surface area (Å²) in [6.45, 7) is 1.53. The third-order valence-corrected chi connectivity index (χ3v) is 3.21. The molecule has 0 aromatic heterocycles. The first kappa shape index (κ1) is 14.5. The molecule has 0 aliphatic carbocycles. The number of carbonyl (C=O) groups is 2. The summed E-state index contributed by atoms with van der Waals surface area (Å²) in [5.41, 5.74) is 6.41. The Bertz CT molecular complexity index is 474. The van der Waals surface area contributed by atoms with Crippen molar-refractivity contribution in [2.45, 2.75) is 13.0 Å². The molecule has 0 aliphatic rings. The van der Waals surface area contributed by atoms with Crippen LogP contribution in [0.4, 0.5) is 5.69 Å². The van der Waals surface area contributed by atoms with Crippen LogP contribution in [0.2, 0.25) is 0 Å². The highest BCUT2D eigenvalue weighted by molar-refractivity contribution is 9.10. The number of halogens is 1. The fraction of sp³-hybridized carbons (Fsp3) is 0.333. The Morgan fingerprint density at radius 1 is 1.39 bits per heavy atom. The van der Waals surface area contributed by atoms with Gasteiger partial charge in [-0.1, -0.05) is 6.07 Å². The van der Waals surface area contributed by atoms with E-state index in [1.54, 1.807) is 32.3 Å². The molecule has 0 bridgehead atoms. The molecule has 1 aromatic rings. The fourth-order valence-corrected chi connectivity index (χ4v) is 1.77. The largest absolute Gasteiger partial charge is 0.449 e. The summed E-state index contributed by atoms with van der Waals surface area (Å²) in [5.74, 6) is -0.861. The smallest absolute Gasteiger partial charge is 0.340 e. The van der Waals surface area contributed by atoms with E-state index < -0.39 is 12.1 Å². The van der Waals surface area contributed by atoms with Gasteiger partial charge in [-0.25, -0.2) is 4.79 Å². The molecule has 5 nitrogen and oxygen atoms in total. The van der Waals surface area contributed by atoms with Crippen molar-refractivity contribution in [1.82, 2.24) is 4.90 Å². The summed E-state index contributed by atoms with van der Waals surface area (Å²) >= 11 is 3.22. The molecule has 6 heteroatoms. The van der Waals surface area contributed by atoms with E-state index >= 15 is 0 Å². The van der Waals surface area contributed by atoms with E-state index in [4.69, 9.17) is 10.5 Å². The summed E-state index contributed by atoms with van der Waals surface area (Å²) in [4.78, 5) is 24.8. The van der Waals surface area contributed by atoms with Crippen molar-refractivity contribution in [2.24, 2.45) is 0 Å². The lowest BCUT2D eigenvalue weighted by Gasteiger charge is -2.17. The summed E-state index contributed by atoms with van der Waals surface area (Å²) in [7, 11) is 3.20. The van der Waals surface area contributed by atoms with Gasteiger partial charge in [0.2, 0.25) is 0 Å². The molecular formula is C12H15BrN2O3. The van der Waals surface area contributed by atoms with Crippen LogP contribution in [0.1, 0.15) is 17.3 Å². The lowest BCUT2D eigenvalue weighted by Crippen LogP contribution is -2.35. The van der Waals surface area contributed by atoms with Gasteiger partial charge in [-0.05, 0) is 35.0 Å². The van der Waals surface area contributed by atoms with Gasteiger partial charge in [-0.15, -0.1) is 0 Å². The van der Waals surface area contributed by atoms with Gasteiger partial charge in [0.15, 0.2) is 6.10 Å². The van der Waals surface area contributed by atoms with Gasteiger partial charge in [-0.2, -0.15) is 0 Å². The van der Waals surface area contributed by atoms with E-state index in [0.29, 0.717) is 15.7 Å². The monoisotopic (exact) mass is 314 g/mol. The zero-order chi connectivity index (χ0) is 13.9. The van der Waals surface area contributed by atoms with Gasteiger partial charge < -0.3 is 15.4 Å². The Morgan fingerprint density at radius 2 is 2.00 bits per heavy atom. The van der Waals surface area contributed by atoms with E-state index in [0.717, 1.165) is 0 Å². The number of anilines is 1. The predicted molar refractivity (Wildman–Crippen MR) is 72.1 cm³/mol. The standard InChI is InChI=1S/C12H15BrN2O3/c1-7(11(16)15(2)3)18-12(17)8-5-4-6-9(14)10(8)13/h4-7H,14H2,1-3H3. The van der Waals surface area contributed by atoms with Crippen molar-refractivity contribution in [3.8, 4) is 0 Å². The van der Waals surface area contributed by atoms with Crippen LogP contribution in [-0.4, -0.2) is 37.0 Å². The molecule has 98 valence electrons. The van der Waals surface area contributed by atoms with Crippen LogP contribution in [0.3, 0.4) is 0 Å². The minimum atomic E-state index is -0.833. The van der Waals surface area contributed by atoms with Gasteiger partial charge in [0.25, 0.3) is 5.91 Å². The summed E-state index contributed by atoms with van der Waals surface area (Å²) in [5, 5.41) is 0. The SMILES string of the molecule is CC(OC(=O)c1cccc(N)c1Br)C(=O)N(C)C. The number of hydrogen-bond donors (Lipinski definition) is 1. The molecule has 0 aliphatic heterocycles. The second-order valence-electron chi connectivity index (χ2n) is 3.99. The highest BCUT2D eigenvalue weighted by Crippen LogP contribution is 2.24. The Labute approximate surface area is 114 Å². The number of rotatable bonds is 3. The molecule has 1 amide bonds. The van der Waals surface area contributed by atoms with Crippen LogP contribution in [0, 0.1) is 0 Å². The molecule has 0 heterocycles. The topological polar surface area (TPSA) is 72.6 Å². The molecule has 1 rings (SSSR count). The molecule has 0 radical (unpaired) electrons. The van der Waals surface area contributed by atoms with Crippen molar-refractivity contribution in [1.29, 1.82) is 0 Å². The highest BCUT2D eigenvalue weighted by Gasteiger charge is 2.21. The average molecular weight is 315 g/mol. The summed E-state index contributed by atoms with van der Waals surface area (Å²) in [6.07, 6.45) is -0.833. The number of hydrogen-bond acceptors (Lipinski definition) is 4. The van der Waals surface area contributed by atoms with Crippen LogP contribution in [0.15, 0.2) is 22.7 Å². The molecule has 1 unspecified atom stereocenters. The predicted octanol–water partition coefficient (Wildman–Crippen LogP) is 1.66. The first-order valence-corrected chi connectivity index (χ1v) is 6.10. The highest BCUT2D eigenvalue weighted by atomic mass is 79.9. The van der Waals surface area contributed by atoms with Crippen LogP contribution in [-0.2, 0) is 9.53 Å². The number of nitrogens with zero attached hydrogens (tertiary/aromatic N) is 1. The summed E-state index contributed by atoms with van der Waals surface area (Å²) in [6, 6.07) is 4.89. The van der Waals surface area contributed by atoms with Crippen molar-refractivity contribution in [3.05, 3.63) is 28.2 Å². The first-order valence-electron chi connectivity index (χ1n) is 5.30. The zero-order valence-corrected chi connectivity index (χ0v) is 12.0. The van der Waals surface area contributed by atoms with Crippen LogP contribution >= 0.6 is 15.9 Å². The molecule has 0 saturated carbocycles. The van der Waals surface area contributed by atoms with E-state index in [-0.39, 0.29) is 5.91 Å². The Hall–Kier alpha value is -1.56. The summed E-state index contributed by atoms with van der Waals surface area (Å²) < 4.78 is 5.55. The van der Waals surface area contributed by atoms with Crippen molar-refractivity contribution < 1.29 is 14.3 Å². The lowest BCUT2D eigenvalue weighted by atomic mass is 10.2. The normalized spacial score (nSPS) is 11.8. The number of benzene rings is 1. The van der Waals surface area contributed by atoms with E-state index in [1.165, 1.54) is 11.8 Å². The Kier molecular flexibility index (Phi) is 4.72. The number of esters is 1.